The van der Waals surface area contributed by atoms with Crippen molar-refractivity contribution < 1.29 is 33.4 Å². The van der Waals surface area contributed by atoms with E-state index in [4.69, 9.17) is 14.2 Å². The number of aryl methyl sites for hydroxylation is 1. The largest absolute Gasteiger partial charge is 0.497 e. The van der Waals surface area contributed by atoms with E-state index in [1.165, 1.54) is 9.80 Å². The summed E-state index contributed by atoms with van der Waals surface area (Å²) in [6, 6.07) is 24.9. The first kappa shape index (κ1) is 28.5. The van der Waals surface area contributed by atoms with Crippen molar-refractivity contribution in [3.05, 3.63) is 113 Å². The van der Waals surface area contributed by atoms with Crippen molar-refractivity contribution in [1.29, 1.82) is 0 Å². The van der Waals surface area contributed by atoms with Crippen LogP contribution < -0.4 is 24.4 Å². The van der Waals surface area contributed by atoms with Crippen LogP contribution in [0.25, 0.3) is 0 Å². The lowest BCUT2D eigenvalue weighted by molar-refractivity contribution is -0.139. The van der Waals surface area contributed by atoms with Crippen molar-refractivity contribution in [1.82, 2.24) is 4.90 Å². The number of ether oxygens (including phenoxy) is 3. The van der Waals surface area contributed by atoms with Crippen LogP contribution in [0, 0.1) is 6.92 Å². The zero-order chi connectivity index (χ0) is 30.8. The van der Waals surface area contributed by atoms with Gasteiger partial charge in [-0.15, -0.1) is 0 Å². The van der Waals surface area contributed by atoms with E-state index in [1.54, 1.807) is 73.8 Å². The number of Topliss-reactive ketones (excluding diaryl/α,β-unsaturated/α-hetero) is 1. The Hall–Kier alpha value is -5.64. The molecule has 10 heteroatoms. The number of para-hydroxylation sites is 1. The molecular formula is C34H29N3O7. The predicted octanol–water partition coefficient (Wildman–Crippen LogP) is 4.67. The standard InChI is InChI=1S/C34H29N3O7/c1-21-7-9-22(10-8-21)18-37(30(38)19-36-27-6-4-3-5-26(27)32(39)34(36)41)31(23-11-16-28-29(17-23)44-20-43-28)33(40)35-24-12-14-25(42-2)15-13-24/h3-17,31H,18-20H2,1-2H3,(H,35,40)/t31-/m0/s1. The number of methoxy groups -OCH3 is 1. The zero-order valence-corrected chi connectivity index (χ0v) is 24.1. The molecule has 6 rings (SSSR count). The lowest BCUT2D eigenvalue weighted by Crippen LogP contribution is -2.46. The number of anilines is 2. The third kappa shape index (κ3) is 5.57. The van der Waals surface area contributed by atoms with Gasteiger partial charge in [-0.05, 0) is 66.6 Å². The summed E-state index contributed by atoms with van der Waals surface area (Å²) in [6.45, 7) is 1.60. The van der Waals surface area contributed by atoms with Crippen molar-refractivity contribution in [2.45, 2.75) is 19.5 Å². The van der Waals surface area contributed by atoms with E-state index < -0.39 is 36.1 Å². The molecule has 1 N–H and O–H groups in total. The molecule has 2 aliphatic heterocycles. The van der Waals surface area contributed by atoms with E-state index in [0.717, 1.165) is 11.1 Å². The number of carbonyl (C=O) groups excluding carboxylic acids is 4. The summed E-state index contributed by atoms with van der Waals surface area (Å²) in [5.41, 5.74) is 3.38. The summed E-state index contributed by atoms with van der Waals surface area (Å²) >= 11 is 0. The first-order chi connectivity index (χ1) is 21.3. The Balaban J connectivity index is 1.40. The molecule has 0 fully saturated rings. The number of hydrogen-bond acceptors (Lipinski definition) is 7. The highest BCUT2D eigenvalue weighted by Crippen LogP contribution is 2.37. The zero-order valence-electron chi connectivity index (χ0n) is 24.1. The third-order valence-corrected chi connectivity index (χ3v) is 7.60. The minimum atomic E-state index is -1.15. The Morgan fingerprint density at radius 3 is 2.41 bits per heavy atom. The fourth-order valence-electron chi connectivity index (χ4n) is 5.29. The van der Waals surface area contributed by atoms with E-state index in [2.05, 4.69) is 5.32 Å². The molecule has 0 spiro atoms. The Morgan fingerprint density at radius 2 is 1.66 bits per heavy atom. The van der Waals surface area contributed by atoms with Gasteiger partial charge in [-0.2, -0.15) is 0 Å². The second-order valence-corrected chi connectivity index (χ2v) is 10.5. The number of benzene rings is 4. The highest BCUT2D eigenvalue weighted by molar-refractivity contribution is 6.52. The molecule has 0 saturated carbocycles. The van der Waals surface area contributed by atoms with Crippen LogP contribution in [0.1, 0.15) is 33.1 Å². The van der Waals surface area contributed by atoms with Gasteiger partial charge in [0.2, 0.25) is 12.7 Å². The van der Waals surface area contributed by atoms with Crippen LogP contribution in [-0.2, 0) is 20.9 Å². The Morgan fingerprint density at radius 1 is 0.932 bits per heavy atom. The van der Waals surface area contributed by atoms with Gasteiger partial charge in [0.1, 0.15) is 18.3 Å². The molecule has 10 nitrogen and oxygen atoms in total. The van der Waals surface area contributed by atoms with E-state index >= 15 is 0 Å². The molecule has 1 atom stereocenters. The molecule has 4 aromatic rings. The highest BCUT2D eigenvalue weighted by atomic mass is 16.7. The van der Waals surface area contributed by atoms with E-state index in [1.807, 2.05) is 31.2 Å². The maximum atomic E-state index is 14.3. The van der Waals surface area contributed by atoms with Gasteiger partial charge >= 0.3 is 0 Å². The number of hydrogen-bond donors (Lipinski definition) is 1. The first-order valence-corrected chi connectivity index (χ1v) is 14.0. The van der Waals surface area contributed by atoms with Crippen LogP contribution in [0.5, 0.6) is 17.2 Å². The van der Waals surface area contributed by atoms with Crippen LogP contribution in [0.2, 0.25) is 0 Å². The Bertz CT molecular complexity index is 1750. The molecule has 0 aliphatic carbocycles. The van der Waals surface area contributed by atoms with Gasteiger partial charge in [-0.3, -0.25) is 24.1 Å². The normalized spacial score (nSPS) is 13.8. The maximum Gasteiger partial charge on any atom is 0.299 e. The molecule has 0 radical (unpaired) electrons. The van der Waals surface area contributed by atoms with Crippen LogP contribution >= 0.6 is 0 Å². The molecule has 222 valence electrons. The summed E-state index contributed by atoms with van der Waals surface area (Å²) in [6.07, 6.45) is 0. The Labute approximate surface area is 253 Å². The van der Waals surface area contributed by atoms with Gasteiger partial charge in [0, 0.05) is 12.2 Å². The van der Waals surface area contributed by atoms with Crippen LogP contribution in [-0.4, -0.2) is 48.9 Å². The quantitative estimate of drug-likeness (QED) is 0.282. The number of rotatable bonds is 9. The highest BCUT2D eigenvalue weighted by Gasteiger charge is 2.39. The lowest BCUT2D eigenvalue weighted by atomic mass is 10.0. The molecule has 0 unspecified atom stereocenters. The van der Waals surface area contributed by atoms with Crippen molar-refractivity contribution in [2.24, 2.45) is 0 Å². The summed E-state index contributed by atoms with van der Waals surface area (Å²) in [4.78, 5) is 56.7. The average Bonchev–Trinajstić information content (AvgIpc) is 3.60. The second-order valence-electron chi connectivity index (χ2n) is 10.5. The van der Waals surface area contributed by atoms with Crippen molar-refractivity contribution in [3.8, 4) is 17.2 Å². The Kier molecular flexibility index (Phi) is 7.72. The van der Waals surface area contributed by atoms with Crippen LogP contribution in [0.15, 0.2) is 91.0 Å². The number of fused-ring (bicyclic) bond motifs is 2. The lowest BCUT2D eigenvalue weighted by Gasteiger charge is -2.33. The van der Waals surface area contributed by atoms with Gasteiger partial charge in [0.15, 0.2) is 11.5 Å². The summed E-state index contributed by atoms with van der Waals surface area (Å²) in [7, 11) is 1.55. The van der Waals surface area contributed by atoms with Crippen molar-refractivity contribution in [3.63, 3.8) is 0 Å². The van der Waals surface area contributed by atoms with Gasteiger partial charge in [-0.1, -0.05) is 48.0 Å². The van der Waals surface area contributed by atoms with E-state index in [-0.39, 0.29) is 18.9 Å². The second kappa shape index (κ2) is 11.9. The molecule has 0 saturated heterocycles. The molecule has 44 heavy (non-hydrogen) atoms. The number of carbonyl (C=O) groups is 4. The molecule has 0 bridgehead atoms. The van der Waals surface area contributed by atoms with E-state index in [0.29, 0.717) is 34.2 Å². The number of ketones is 1. The fourth-order valence-corrected chi connectivity index (χ4v) is 5.29. The predicted molar refractivity (Wildman–Crippen MR) is 162 cm³/mol. The van der Waals surface area contributed by atoms with Crippen LogP contribution in [0.3, 0.4) is 0 Å². The number of nitrogens with zero attached hydrogens (tertiary/aromatic N) is 2. The molecule has 4 aromatic carbocycles. The minimum Gasteiger partial charge on any atom is -0.497 e. The SMILES string of the molecule is COc1ccc(NC(=O)[C@H](c2ccc3c(c2)OCO3)N(Cc2ccc(C)cc2)C(=O)CN2C(=O)C(=O)c3ccccc32)cc1. The molecule has 3 amide bonds. The summed E-state index contributed by atoms with van der Waals surface area (Å²) in [5, 5.41) is 2.92. The van der Waals surface area contributed by atoms with Gasteiger partial charge in [0.25, 0.3) is 17.6 Å². The molecule has 2 heterocycles. The van der Waals surface area contributed by atoms with E-state index in [9.17, 15) is 19.2 Å². The van der Waals surface area contributed by atoms with Crippen LogP contribution in [0.4, 0.5) is 11.4 Å². The van der Waals surface area contributed by atoms with Crippen molar-refractivity contribution in [2.75, 3.05) is 30.7 Å². The number of amides is 3. The smallest absolute Gasteiger partial charge is 0.299 e. The molecular weight excluding hydrogens is 562 g/mol. The number of nitrogens with one attached hydrogen (secondary N) is 1. The van der Waals surface area contributed by atoms with Gasteiger partial charge in [-0.25, -0.2) is 0 Å². The fraction of sp³-hybridized carbons (Fsp3) is 0.176. The van der Waals surface area contributed by atoms with Gasteiger partial charge < -0.3 is 24.4 Å². The van der Waals surface area contributed by atoms with Gasteiger partial charge in [0.05, 0.1) is 18.4 Å². The third-order valence-electron chi connectivity index (χ3n) is 7.60. The molecule has 2 aliphatic rings. The minimum absolute atomic E-state index is 0.0397. The molecule has 0 aromatic heterocycles. The summed E-state index contributed by atoms with van der Waals surface area (Å²) in [5.74, 6) is -0.898. The monoisotopic (exact) mass is 591 g/mol. The average molecular weight is 592 g/mol. The topological polar surface area (TPSA) is 114 Å². The maximum absolute atomic E-state index is 14.3. The van der Waals surface area contributed by atoms with Crippen molar-refractivity contribution >= 4 is 34.9 Å². The summed E-state index contributed by atoms with van der Waals surface area (Å²) < 4.78 is 16.3. The first-order valence-electron chi connectivity index (χ1n) is 14.0.